The molecule has 0 aromatic heterocycles. The Kier molecular flexibility index (Phi) is 5.56. The lowest BCUT2D eigenvalue weighted by atomic mass is 10.2. The van der Waals surface area contributed by atoms with E-state index in [-0.39, 0.29) is 0 Å². The topological polar surface area (TPSA) is 9.23 Å². The highest BCUT2D eigenvalue weighted by Crippen LogP contribution is 2.31. The van der Waals surface area contributed by atoms with E-state index in [0.29, 0.717) is 5.44 Å². The zero-order chi connectivity index (χ0) is 9.52. The molecule has 2 unspecified atom stereocenters. The highest BCUT2D eigenvalue weighted by molar-refractivity contribution is 8.00. The fourth-order valence-corrected chi connectivity index (χ4v) is 2.69. The Bertz CT molecular complexity index is 156. The Morgan fingerprint density at radius 3 is 2.92 bits per heavy atom. The van der Waals surface area contributed by atoms with Gasteiger partial charge in [-0.25, -0.2) is 0 Å². The zero-order valence-corrected chi connectivity index (χ0v) is 9.48. The van der Waals surface area contributed by atoms with Gasteiger partial charge < -0.3 is 4.74 Å². The minimum absolute atomic E-state index is 0.336. The predicted molar refractivity (Wildman–Crippen MR) is 60.1 cm³/mol. The molecule has 13 heavy (non-hydrogen) atoms. The molecule has 1 fully saturated rings. The van der Waals surface area contributed by atoms with Crippen LogP contribution < -0.4 is 0 Å². The van der Waals surface area contributed by atoms with Crippen LogP contribution in [0, 0.1) is 0 Å². The Hall–Kier alpha value is 0.0500. The molecule has 1 heterocycles. The maximum Gasteiger partial charge on any atom is 0.121 e. The Morgan fingerprint density at radius 1 is 1.38 bits per heavy atom. The van der Waals surface area contributed by atoms with Crippen molar-refractivity contribution >= 4 is 11.8 Å². The summed E-state index contributed by atoms with van der Waals surface area (Å²) in [6.07, 6.45) is 9.43. The summed E-state index contributed by atoms with van der Waals surface area (Å²) in [4.78, 5) is 0. The van der Waals surface area contributed by atoms with Crippen molar-refractivity contribution in [2.45, 2.75) is 50.2 Å². The smallest absolute Gasteiger partial charge is 0.121 e. The molecule has 1 saturated heterocycles. The number of unbranched alkanes of at least 4 members (excludes halogenated alkanes) is 1. The lowest BCUT2D eigenvalue weighted by molar-refractivity contribution is 0.160. The molecule has 0 bridgehead atoms. The van der Waals surface area contributed by atoms with E-state index >= 15 is 0 Å². The van der Waals surface area contributed by atoms with Crippen molar-refractivity contribution in [1.82, 2.24) is 0 Å². The first-order chi connectivity index (χ1) is 6.36. The van der Waals surface area contributed by atoms with Crippen LogP contribution in [-0.2, 0) is 4.74 Å². The molecule has 0 aliphatic carbocycles. The summed E-state index contributed by atoms with van der Waals surface area (Å²) in [5.41, 5.74) is 0.336. The van der Waals surface area contributed by atoms with Gasteiger partial charge in [-0.2, -0.15) is 0 Å². The maximum absolute atomic E-state index is 5.64. The van der Waals surface area contributed by atoms with E-state index in [4.69, 9.17) is 4.74 Å². The molecule has 0 aromatic carbocycles. The third-order valence-electron chi connectivity index (χ3n) is 2.13. The van der Waals surface area contributed by atoms with E-state index in [2.05, 4.69) is 26.0 Å². The summed E-state index contributed by atoms with van der Waals surface area (Å²) in [5, 5.41) is 0.737. The standard InChI is InChI=1S/C11H20OS/c1-3-5-6-8-11-12-9-10(13-11)7-4-2/h6,8,10-11H,3-5,7,9H2,1-2H3. The number of hydrogen-bond acceptors (Lipinski definition) is 2. The first-order valence-corrected chi connectivity index (χ1v) is 6.24. The molecule has 0 N–H and O–H groups in total. The molecule has 0 spiro atoms. The van der Waals surface area contributed by atoms with Gasteiger partial charge in [-0.05, 0) is 18.9 Å². The van der Waals surface area contributed by atoms with Crippen molar-refractivity contribution in [2.24, 2.45) is 0 Å². The minimum atomic E-state index is 0.336. The summed E-state index contributed by atoms with van der Waals surface area (Å²) >= 11 is 1.98. The van der Waals surface area contributed by atoms with Crippen LogP contribution in [0.25, 0.3) is 0 Å². The third kappa shape index (κ3) is 4.19. The molecule has 0 radical (unpaired) electrons. The van der Waals surface area contributed by atoms with Crippen molar-refractivity contribution in [2.75, 3.05) is 6.61 Å². The summed E-state index contributed by atoms with van der Waals surface area (Å²) in [5.74, 6) is 0. The molecule has 2 atom stereocenters. The Morgan fingerprint density at radius 2 is 2.23 bits per heavy atom. The first-order valence-electron chi connectivity index (χ1n) is 5.30. The van der Waals surface area contributed by atoms with Crippen LogP contribution in [0.5, 0.6) is 0 Å². The van der Waals surface area contributed by atoms with Gasteiger partial charge in [-0.15, -0.1) is 11.8 Å². The van der Waals surface area contributed by atoms with Gasteiger partial charge in [0.1, 0.15) is 5.44 Å². The van der Waals surface area contributed by atoms with E-state index in [0.717, 1.165) is 11.9 Å². The van der Waals surface area contributed by atoms with Gasteiger partial charge in [-0.3, -0.25) is 0 Å². The lowest BCUT2D eigenvalue weighted by Crippen LogP contribution is -2.00. The molecular weight excluding hydrogens is 180 g/mol. The van der Waals surface area contributed by atoms with E-state index in [1.807, 2.05) is 11.8 Å². The van der Waals surface area contributed by atoms with Gasteiger partial charge in [0.15, 0.2) is 0 Å². The third-order valence-corrected chi connectivity index (χ3v) is 3.45. The molecule has 0 saturated carbocycles. The fourth-order valence-electron chi connectivity index (χ4n) is 1.42. The second-order valence-electron chi connectivity index (χ2n) is 3.47. The van der Waals surface area contributed by atoms with E-state index in [1.54, 1.807) is 0 Å². The second-order valence-corrected chi connectivity index (χ2v) is 4.87. The second kappa shape index (κ2) is 6.50. The molecule has 2 heteroatoms. The molecule has 76 valence electrons. The van der Waals surface area contributed by atoms with Crippen LogP contribution in [0.15, 0.2) is 12.2 Å². The average molecular weight is 200 g/mol. The molecular formula is C11H20OS. The lowest BCUT2D eigenvalue weighted by Gasteiger charge is -2.03. The molecule has 0 amide bonds. The summed E-state index contributed by atoms with van der Waals surface area (Å²) < 4.78 is 5.64. The van der Waals surface area contributed by atoms with Crippen LogP contribution >= 0.6 is 11.8 Å². The van der Waals surface area contributed by atoms with Gasteiger partial charge in [0.05, 0.1) is 6.61 Å². The van der Waals surface area contributed by atoms with Crippen molar-refractivity contribution < 1.29 is 4.74 Å². The van der Waals surface area contributed by atoms with Crippen molar-refractivity contribution in [1.29, 1.82) is 0 Å². The van der Waals surface area contributed by atoms with Crippen molar-refractivity contribution in [3.8, 4) is 0 Å². The normalized spacial score (nSPS) is 28.8. The maximum atomic E-state index is 5.64. The molecule has 1 aliphatic heterocycles. The van der Waals surface area contributed by atoms with Gasteiger partial charge in [0.2, 0.25) is 0 Å². The van der Waals surface area contributed by atoms with E-state index in [1.165, 1.54) is 25.7 Å². The monoisotopic (exact) mass is 200 g/mol. The van der Waals surface area contributed by atoms with Crippen LogP contribution in [-0.4, -0.2) is 17.3 Å². The Balaban J connectivity index is 2.17. The average Bonchev–Trinajstić information content (AvgIpc) is 2.54. The van der Waals surface area contributed by atoms with Gasteiger partial charge in [0, 0.05) is 5.25 Å². The number of rotatable bonds is 5. The first kappa shape index (κ1) is 11.1. The van der Waals surface area contributed by atoms with E-state index in [9.17, 15) is 0 Å². The summed E-state index contributed by atoms with van der Waals surface area (Å²) in [6, 6.07) is 0. The molecule has 1 aliphatic rings. The SMILES string of the molecule is CCCC=CC1OCC(CCC)S1. The van der Waals surface area contributed by atoms with Crippen LogP contribution in [0.4, 0.5) is 0 Å². The van der Waals surface area contributed by atoms with Gasteiger partial charge in [-0.1, -0.05) is 32.8 Å². The van der Waals surface area contributed by atoms with Crippen LogP contribution in [0.3, 0.4) is 0 Å². The zero-order valence-electron chi connectivity index (χ0n) is 8.66. The minimum Gasteiger partial charge on any atom is -0.362 e. The fraction of sp³-hybridized carbons (Fsp3) is 0.818. The van der Waals surface area contributed by atoms with Crippen LogP contribution in [0.1, 0.15) is 39.5 Å². The van der Waals surface area contributed by atoms with Crippen LogP contribution in [0.2, 0.25) is 0 Å². The number of ether oxygens (including phenoxy) is 1. The number of hydrogen-bond donors (Lipinski definition) is 0. The summed E-state index contributed by atoms with van der Waals surface area (Å²) in [7, 11) is 0. The van der Waals surface area contributed by atoms with E-state index < -0.39 is 0 Å². The predicted octanol–water partition coefficient (Wildman–Crippen LogP) is 3.60. The van der Waals surface area contributed by atoms with Gasteiger partial charge in [0.25, 0.3) is 0 Å². The van der Waals surface area contributed by atoms with Crippen molar-refractivity contribution in [3.05, 3.63) is 12.2 Å². The van der Waals surface area contributed by atoms with Gasteiger partial charge >= 0.3 is 0 Å². The number of thioether (sulfide) groups is 1. The quantitative estimate of drug-likeness (QED) is 0.627. The Labute approximate surface area is 85.9 Å². The molecule has 0 aromatic rings. The van der Waals surface area contributed by atoms with Crippen molar-refractivity contribution in [3.63, 3.8) is 0 Å². The molecule has 1 rings (SSSR count). The highest BCUT2D eigenvalue weighted by Gasteiger charge is 2.22. The summed E-state index contributed by atoms with van der Waals surface area (Å²) in [6.45, 7) is 5.38. The highest BCUT2D eigenvalue weighted by atomic mass is 32.2. The number of allylic oxidation sites excluding steroid dienone is 1. The largest absolute Gasteiger partial charge is 0.362 e. The molecule has 1 nitrogen and oxygen atoms in total.